The molecule has 15 heavy (non-hydrogen) atoms. The van der Waals surface area contributed by atoms with Gasteiger partial charge in [0, 0.05) is 23.9 Å². The van der Waals surface area contributed by atoms with Crippen molar-refractivity contribution in [1.29, 1.82) is 0 Å². The molecule has 0 aliphatic rings. The molecule has 2 nitrogen and oxygen atoms in total. The Kier molecular flexibility index (Phi) is 4.99. The molecule has 1 aromatic rings. The van der Waals surface area contributed by atoms with Gasteiger partial charge in [-0.15, -0.1) is 11.3 Å². The highest BCUT2D eigenvalue weighted by Crippen LogP contribution is 2.10. The van der Waals surface area contributed by atoms with Gasteiger partial charge >= 0.3 is 0 Å². The minimum atomic E-state index is 0.269. The van der Waals surface area contributed by atoms with E-state index in [1.807, 2.05) is 0 Å². The quantitative estimate of drug-likeness (QED) is 0.741. The second-order valence-corrected chi connectivity index (χ2v) is 5.10. The molecule has 0 aliphatic carbocycles. The van der Waals surface area contributed by atoms with Gasteiger partial charge in [0.15, 0.2) is 0 Å². The molecule has 0 radical (unpaired) electrons. The van der Waals surface area contributed by atoms with Crippen molar-refractivity contribution in [3.05, 3.63) is 22.4 Å². The van der Waals surface area contributed by atoms with Gasteiger partial charge in [0.05, 0.1) is 0 Å². The zero-order valence-electron chi connectivity index (χ0n) is 9.69. The highest BCUT2D eigenvalue weighted by Gasteiger charge is 2.10. The number of Topliss-reactive ketones (excluding diaryl/α,β-unsaturated/α-hetero) is 1. The van der Waals surface area contributed by atoms with E-state index >= 15 is 0 Å². The molecule has 0 spiro atoms. The van der Waals surface area contributed by atoms with Crippen LogP contribution in [-0.4, -0.2) is 30.3 Å². The molecule has 1 unspecified atom stereocenters. The SMILES string of the molecule is CC(=O)CC(C)N(C)CCc1cccs1. The average molecular weight is 225 g/mol. The maximum Gasteiger partial charge on any atom is 0.131 e. The van der Waals surface area contributed by atoms with Crippen LogP contribution in [0.25, 0.3) is 0 Å². The standard InChI is InChI=1S/C12H19NOS/c1-10(9-11(2)14)13(3)7-6-12-5-4-8-15-12/h4-5,8,10H,6-7,9H2,1-3H3. The van der Waals surface area contributed by atoms with Crippen LogP contribution >= 0.6 is 11.3 Å². The van der Waals surface area contributed by atoms with Gasteiger partial charge in [0.2, 0.25) is 0 Å². The minimum Gasteiger partial charge on any atom is -0.303 e. The van der Waals surface area contributed by atoms with Crippen LogP contribution in [0.5, 0.6) is 0 Å². The second-order valence-electron chi connectivity index (χ2n) is 4.07. The van der Waals surface area contributed by atoms with E-state index in [-0.39, 0.29) is 5.78 Å². The molecule has 1 rings (SSSR count). The number of rotatable bonds is 6. The first-order valence-corrected chi connectivity index (χ1v) is 6.19. The van der Waals surface area contributed by atoms with Crippen LogP contribution in [0.1, 0.15) is 25.1 Å². The van der Waals surface area contributed by atoms with E-state index in [1.54, 1.807) is 18.3 Å². The summed E-state index contributed by atoms with van der Waals surface area (Å²) in [5, 5.41) is 2.11. The van der Waals surface area contributed by atoms with Crippen LogP contribution in [0.3, 0.4) is 0 Å². The van der Waals surface area contributed by atoms with Crippen LogP contribution in [-0.2, 0) is 11.2 Å². The highest BCUT2D eigenvalue weighted by atomic mass is 32.1. The summed E-state index contributed by atoms with van der Waals surface area (Å²) in [6.07, 6.45) is 1.73. The van der Waals surface area contributed by atoms with Crippen LogP contribution < -0.4 is 0 Å². The molecule has 1 aromatic heterocycles. The predicted molar refractivity (Wildman–Crippen MR) is 65.4 cm³/mol. The number of ketones is 1. The molecule has 0 saturated carbocycles. The zero-order chi connectivity index (χ0) is 11.3. The normalized spacial score (nSPS) is 13.1. The van der Waals surface area contributed by atoms with E-state index in [4.69, 9.17) is 0 Å². The van der Waals surface area contributed by atoms with Crippen LogP contribution in [0.15, 0.2) is 17.5 Å². The van der Waals surface area contributed by atoms with Gasteiger partial charge in [0.25, 0.3) is 0 Å². The van der Waals surface area contributed by atoms with E-state index in [2.05, 4.69) is 36.4 Å². The monoisotopic (exact) mass is 225 g/mol. The fourth-order valence-corrected chi connectivity index (χ4v) is 2.23. The Hall–Kier alpha value is -0.670. The smallest absolute Gasteiger partial charge is 0.131 e. The third kappa shape index (κ3) is 4.58. The maximum atomic E-state index is 11.0. The van der Waals surface area contributed by atoms with Crippen molar-refractivity contribution in [2.45, 2.75) is 32.7 Å². The van der Waals surface area contributed by atoms with E-state index in [0.29, 0.717) is 12.5 Å². The third-order valence-corrected chi connectivity index (χ3v) is 3.56. The molecule has 0 N–H and O–H groups in total. The number of hydrogen-bond acceptors (Lipinski definition) is 3. The Morgan fingerprint density at radius 1 is 1.60 bits per heavy atom. The molecular formula is C12H19NOS. The van der Waals surface area contributed by atoms with Gasteiger partial charge < -0.3 is 4.90 Å². The number of nitrogens with zero attached hydrogens (tertiary/aromatic N) is 1. The largest absolute Gasteiger partial charge is 0.303 e. The van der Waals surface area contributed by atoms with E-state index in [0.717, 1.165) is 13.0 Å². The Morgan fingerprint density at radius 2 is 2.33 bits per heavy atom. The number of hydrogen-bond donors (Lipinski definition) is 0. The molecule has 0 aromatic carbocycles. The molecule has 0 saturated heterocycles. The number of carbonyl (C=O) groups is 1. The Balaban J connectivity index is 2.29. The summed E-state index contributed by atoms with van der Waals surface area (Å²) < 4.78 is 0. The summed E-state index contributed by atoms with van der Waals surface area (Å²) >= 11 is 1.80. The van der Waals surface area contributed by atoms with Crippen molar-refractivity contribution >= 4 is 17.1 Å². The van der Waals surface area contributed by atoms with Crippen molar-refractivity contribution in [1.82, 2.24) is 4.90 Å². The molecule has 3 heteroatoms. The first-order valence-electron chi connectivity index (χ1n) is 5.31. The average Bonchev–Trinajstić information content (AvgIpc) is 2.65. The highest BCUT2D eigenvalue weighted by molar-refractivity contribution is 7.09. The zero-order valence-corrected chi connectivity index (χ0v) is 10.5. The van der Waals surface area contributed by atoms with Crippen molar-refractivity contribution < 1.29 is 4.79 Å². The fourth-order valence-electron chi connectivity index (χ4n) is 1.53. The molecule has 0 amide bonds. The lowest BCUT2D eigenvalue weighted by atomic mass is 10.1. The molecule has 1 atom stereocenters. The molecular weight excluding hydrogens is 206 g/mol. The fraction of sp³-hybridized carbons (Fsp3) is 0.583. The van der Waals surface area contributed by atoms with Crippen LogP contribution in [0.2, 0.25) is 0 Å². The van der Waals surface area contributed by atoms with Crippen molar-refractivity contribution in [2.24, 2.45) is 0 Å². The Bertz CT molecular complexity index is 295. The topological polar surface area (TPSA) is 20.3 Å². The van der Waals surface area contributed by atoms with Gasteiger partial charge in [-0.2, -0.15) is 0 Å². The maximum absolute atomic E-state index is 11.0. The van der Waals surface area contributed by atoms with E-state index < -0.39 is 0 Å². The third-order valence-electron chi connectivity index (χ3n) is 2.63. The number of thiophene rings is 1. The van der Waals surface area contributed by atoms with Gasteiger partial charge in [0.1, 0.15) is 5.78 Å². The molecule has 84 valence electrons. The summed E-state index contributed by atoms with van der Waals surface area (Å²) in [5.74, 6) is 0.269. The van der Waals surface area contributed by atoms with Gasteiger partial charge in [-0.3, -0.25) is 4.79 Å². The first kappa shape index (κ1) is 12.4. The molecule has 0 aliphatic heterocycles. The lowest BCUT2D eigenvalue weighted by molar-refractivity contribution is -0.118. The Morgan fingerprint density at radius 3 is 2.87 bits per heavy atom. The van der Waals surface area contributed by atoms with Crippen molar-refractivity contribution in [3.8, 4) is 0 Å². The minimum absolute atomic E-state index is 0.269. The summed E-state index contributed by atoms with van der Waals surface area (Å²) in [6.45, 7) is 4.79. The number of carbonyl (C=O) groups excluding carboxylic acids is 1. The summed E-state index contributed by atoms with van der Waals surface area (Å²) in [6, 6.07) is 4.59. The van der Waals surface area contributed by atoms with E-state index in [9.17, 15) is 4.79 Å². The lowest BCUT2D eigenvalue weighted by Gasteiger charge is -2.23. The Labute approximate surface area is 95.9 Å². The summed E-state index contributed by atoms with van der Waals surface area (Å²) in [5.41, 5.74) is 0. The van der Waals surface area contributed by atoms with E-state index in [1.165, 1.54) is 4.88 Å². The summed E-state index contributed by atoms with van der Waals surface area (Å²) in [7, 11) is 2.08. The molecule has 0 fully saturated rings. The second kappa shape index (κ2) is 6.03. The number of likely N-dealkylation sites (N-methyl/N-ethyl adjacent to an activating group) is 1. The first-order chi connectivity index (χ1) is 7.09. The van der Waals surface area contributed by atoms with Crippen LogP contribution in [0, 0.1) is 0 Å². The molecule has 1 heterocycles. The summed E-state index contributed by atoms with van der Waals surface area (Å²) in [4.78, 5) is 14.6. The molecule has 0 bridgehead atoms. The van der Waals surface area contributed by atoms with Gasteiger partial charge in [-0.1, -0.05) is 6.07 Å². The van der Waals surface area contributed by atoms with Gasteiger partial charge in [-0.05, 0) is 38.8 Å². The van der Waals surface area contributed by atoms with Crippen molar-refractivity contribution in [2.75, 3.05) is 13.6 Å². The predicted octanol–water partition coefficient (Wildman–Crippen LogP) is 2.59. The lowest BCUT2D eigenvalue weighted by Crippen LogP contribution is -2.32. The van der Waals surface area contributed by atoms with Crippen molar-refractivity contribution in [3.63, 3.8) is 0 Å². The van der Waals surface area contributed by atoms with Gasteiger partial charge in [-0.25, -0.2) is 0 Å². The van der Waals surface area contributed by atoms with Crippen LogP contribution in [0.4, 0.5) is 0 Å².